The summed E-state index contributed by atoms with van der Waals surface area (Å²) in [5.74, 6) is 5.65. The summed E-state index contributed by atoms with van der Waals surface area (Å²) in [7, 11) is 2.58. The van der Waals surface area contributed by atoms with Crippen molar-refractivity contribution in [1.82, 2.24) is 0 Å². The molecule has 4 fully saturated rings. The first kappa shape index (κ1) is 62.9. The van der Waals surface area contributed by atoms with Crippen LogP contribution in [0.25, 0.3) is 11.1 Å². The number of aryl methyl sites for hydroxylation is 4. The van der Waals surface area contributed by atoms with E-state index < -0.39 is 17.7 Å². The summed E-state index contributed by atoms with van der Waals surface area (Å²) < 4.78 is 18.9. The zero-order valence-corrected chi connectivity index (χ0v) is 44.4. The Hall–Kier alpha value is -6.14. The molecule has 0 atom stereocenters. The highest BCUT2D eigenvalue weighted by molar-refractivity contribution is 5.86. The standard InChI is InChI=1S/C28H22O3.C10H16.C9H10O3.C8H10.4C2H6.2CH4/c1-19-11-13-20(14-12-19)28(21-15-17-22(18-16-21)31-27(29)30-2)25-9-5-3-7-23(25)24-8-4-6-10-26(24)28;1-7-2-9-4-8(1)5-10(3-7)6-9;1-7-3-5-8(6-4-7)12-9(10)11-2;1-7-3-5-8(2)6-4-7;4*1-2;;/h3-18H,1-2H3;7-10H,1-6H2;3-6H,1-2H3;3-6H,1-2H3;4*1-2H3;2*1H4. The molecule has 6 heteroatoms. The van der Waals surface area contributed by atoms with Gasteiger partial charge in [-0.1, -0.05) is 214 Å². The fraction of sp³-hybridized carbons (Fsp3) is 0.415. The van der Waals surface area contributed by atoms with Crippen LogP contribution in [0.4, 0.5) is 9.59 Å². The third-order valence-electron chi connectivity index (χ3n) is 12.7. The zero-order chi connectivity index (χ0) is 50.9. The molecule has 5 aliphatic carbocycles. The van der Waals surface area contributed by atoms with E-state index in [1.54, 1.807) is 50.7 Å². The van der Waals surface area contributed by atoms with Crippen molar-refractivity contribution < 1.29 is 28.5 Å². The summed E-state index contributed by atoms with van der Waals surface area (Å²) in [6, 6.07) is 49.3. The highest BCUT2D eigenvalue weighted by Crippen LogP contribution is 2.56. The largest absolute Gasteiger partial charge is 0.513 e. The zero-order valence-electron chi connectivity index (χ0n) is 44.4. The number of benzene rings is 6. The maximum absolute atomic E-state index is 11.5. The van der Waals surface area contributed by atoms with Gasteiger partial charge in [-0.15, -0.1) is 0 Å². The summed E-state index contributed by atoms with van der Waals surface area (Å²) in [4.78, 5) is 22.1. The van der Waals surface area contributed by atoms with Gasteiger partial charge in [0.15, 0.2) is 0 Å². The van der Waals surface area contributed by atoms with E-state index in [0.29, 0.717) is 11.5 Å². The molecule has 4 bridgehead atoms. The number of carbonyl (C=O) groups is 2. The Morgan fingerprint density at radius 3 is 0.915 bits per heavy atom. The molecule has 6 aromatic rings. The van der Waals surface area contributed by atoms with Crippen molar-refractivity contribution in [2.75, 3.05) is 14.2 Å². The number of rotatable bonds is 4. The van der Waals surface area contributed by atoms with Crippen molar-refractivity contribution >= 4 is 12.3 Å². The van der Waals surface area contributed by atoms with E-state index in [4.69, 9.17) is 9.47 Å². The number of hydrogen-bond acceptors (Lipinski definition) is 6. The van der Waals surface area contributed by atoms with Crippen molar-refractivity contribution in [2.45, 2.75) is 142 Å². The average Bonchev–Trinajstić information content (AvgIpc) is 3.69. The highest BCUT2D eigenvalue weighted by Gasteiger charge is 2.46. The van der Waals surface area contributed by atoms with Crippen molar-refractivity contribution in [3.05, 3.63) is 190 Å². The quantitative estimate of drug-likeness (QED) is 0.129. The summed E-state index contributed by atoms with van der Waals surface area (Å²) in [6.45, 7) is 24.3. The lowest BCUT2D eigenvalue weighted by Gasteiger charge is -2.49. The molecule has 0 unspecified atom stereocenters. The number of fused-ring (bicyclic) bond motifs is 3. The summed E-state index contributed by atoms with van der Waals surface area (Å²) in [6.07, 6.45) is 8.21. The molecule has 0 aliphatic heterocycles. The van der Waals surface area contributed by atoms with Crippen LogP contribution in [-0.2, 0) is 14.9 Å². The van der Waals surface area contributed by atoms with Gasteiger partial charge in [0.1, 0.15) is 11.5 Å². The molecule has 6 nitrogen and oxygen atoms in total. The van der Waals surface area contributed by atoms with Crippen LogP contribution in [0.3, 0.4) is 0 Å². The Bertz CT molecular complexity index is 2260. The molecule has 0 heterocycles. The minimum absolute atomic E-state index is 0. The lowest BCUT2D eigenvalue weighted by atomic mass is 9.56. The van der Waals surface area contributed by atoms with Crippen LogP contribution in [0.2, 0.25) is 0 Å². The Morgan fingerprint density at radius 2 is 0.620 bits per heavy atom. The topological polar surface area (TPSA) is 71.1 Å². The van der Waals surface area contributed by atoms with Crippen LogP contribution in [0.15, 0.2) is 146 Å². The molecule has 11 rings (SSSR count). The van der Waals surface area contributed by atoms with Gasteiger partial charge in [0.25, 0.3) is 0 Å². The van der Waals surface area contributed by atoms with Gasteiger partial charge in [0.2, 0.25) is 0 Å². The van der Waals surface area contributed by atoms with Gasteiger partial charge < -0.3 is 18.9 Å². The average molecular weight is 967 g/mol. The number of methoxy groups -OCH3 is 2. The van der Waals surface area contributed by atoms with E-state index in [0.717, 1.165) is 11.1 Å². The van der Waals surface area contributed by atoms with Gasteiger partial charge in [-0.3, -0.25) is 0 Å². The fourth-order valence-corrected chi connectivity index (χ4v) is 10.1. The van der Waals surface area contributed by atoms with Crippen molar-refractivity contribution in [3.8, 4) is 22.6 Å². The van der Waals surface area contributed by atoms with Gasteiger partial charge in [0, 0.05) is 0 Å². The van der Waals surface area contributed by atoms with Crippen LogP contribution in [0.5, 0.6) is 11.5 Å². The minimum Gasteiger partial charge on any atom is -0.437 e. The lowest BCUT2D eigenvalue weighted by Crippen LogP contribution is -2.38. The summed E-state index contributed by atoms with van der Waals surface area (Å²) >= 11 is 0. The molecule has 6 aromatic carbocycles. The first-order valence-corrected chi connectivity index (χ1v) is 25.5. The predicted molar refractivity (Wildman–Crippen MR) is 302 cm³/mol. The van der Waals surface area contributed by atoms with E-state index in [1.165, 1.54) is 82.4 Å². The van der Waals surface area contributed by atoms with E-state index in [9.17, 15) is 9.59 Å². The monoisotopic (exact) mass is 967 g/mol. The maximum Gasteiger partial charge on any atom is 0.513 e. The van der Waals surface area contributed by atoms with Crippen LogP contribution in [-0.4, -0.2) is 26.5 Å². The highest BCUT2D eigenvalue weighted by atomic mass is 16.7. The second-order valence-corrected chi connectivity index (χ2v) is 17.2. The van der Waals surface area contributed by atoms with Gasteiger partial charge in [-0.2, -0.15) is 0 Å². The number of carbonyl (C=O) groups excluding carboxylic acids is 2. The van der Waals surface area contributed by atoms with Gasteiger partial charge in [-0.05, 0) is 148 Å². The first-order chi connectivity index (χ1) is 33.5. The molecule has 0 aromatic heterocycles. The Kier molecular flexibility index (Phi) is 28.9. The van der Waals surface area contributed by atoms with E-state index >= 15 is 0 Å². The summed E-state index contributed by atoms with van der Waals surface area (Å²) in [5, 5.41) is 0. The predicted octanol–water partition coefficient (Wildman–Crippen LogP) is 19.2. The molecule has 0 N–H and O–H groups in total. The fourth-order valence-electron chi connectivity index (χ4n) is 10.1. The SMILES string of the molecule is C.C.C1C2CC3CC1CC(C2)C3.CC.CC.CC.CC.COC(=O)Oc1ccc(C)cc1.COC(=O)Oc1ccc(C2(c3ccc(C)cc3)c3ccccc3-c3ccccc32)cc1.Cc1ccc(C)cc1. The molecule has 71 heavy (non-hydrogen) atoms. The molecule has 386 valence electrons. The van der Waals surface area contributed by atoms with Crippen molar-refractivity contribution in [1.29, 1.82) is 0 Å². The van der Waals surface area contributed by atoms with Gasteiger partial charge >= 0.3 is 12.3 Å². The Morgan fingerprint density at radius 1 is 0.380 bits per heavy atom. The minimum atomic E-state index is -0.724. The normalized spacial score (nSPS) is 16.8. The summed E-state index contributed by atoms with van der Waals surface area (Å²) in [5.41, 5.74) is 11.9. The van der Waals surface area contributed by atoms with Crippen molar-refractivity contribution in [2.24, 2.45) is 23.7 Å². The molecular formula is C65H90O6. The smallest absolute Gasteiger partial charge is 0.437 e. The second-order valence-electron chi connectivity index (χ2n) is 17.2. The van der Waals surface area contributed by atoms with E-state index in [2.05, 4.69) is 127 Å². The third kappa shape index (κ3) is 17.0. The number of hydrogen-bond donors (Lipinski definition) is 0. The van der Waals surface area contributed by atoms with Crippen LogP contribution < -0.4 is 9.47 Å². The van der Waals surface area contributed by atoms with E-state index in [-0.39, 0.29) is 14.9 Å². The third-order valence-corrected chi connectivity index (χ3v) is 12.7. The molecule has 0 saturated heterocycles. The molecule has 0 amide bonds. The lowest BCUT2D eigenvalue weighted by molar-refractivity contribution is 0.0198. The molecular weight excluding hydrogens is 877 g/mol. The first-order valence-electron chi connectivity index (χ1n) is 25.5. The van der Waals surface area contributed by atoms with E-state index in [1.807, 2.05) is 98.7 Å². The van der Waals surface area contributed by atoms with Gasteiger partial charge in [0.05, 0.1) is 19.6 Å². The van der Waals surface area contributed by atoms with Crippen LogP contribution >= 0.6 is 0 Å². The Balaban J connectivity index is 0.000000518. The van der Waals surface area contributed by atoms with Crippen LogP contribution in [0.1, 0.15) is 153 Å². The molecule has 5 aliphatic rings. The maximum atomic E-state index is 11.5. The molecule has 0 radical (unpaired) electrons. The molecule has 0 spiro atoms. The van der Waals surface area contributed by atoms with Crippen molar-refractivity contribution in [3.63, 3.8) is 0 Å². The Labute approximate surface area is 431 Å². The second kappa shape index (κ2) is 32.7. The van der Waals surface area contributed by atoms with Crippen LogP contribution in [0, 0.1) is 51.4 Å². The van der Waals surface area contributed by atoms with Gasteiger partial charge in [-0.25, -0.2) is 9.59 Å². The molecule has 4 saturated carbocycles. The number of ether oxygens (including phenoxy) is 4.